The number of carbonyl (C=O) groups is 2. The fourth-order valence-corrected chi connectivity index (χ4v) is 2.98. The van der Waals surface area contributed by atoms with E-state index in [0.717, 1.165) is 11.3 Å². The number of ether oxygens (including phenoxy) is 1. The summed E-state index contributed by atoms with van der Waals surface area (Å²) in [6, 6.07) is 13.2. The molecule has 6 heteroatoms. The Morgan fingerprint density at radius 1 is 1.19 bits per heavy atom. The highest BCUT2D eigenvalue weighted by Gasteiger charge is 2.37. The van der Waals surface area contributed by atoms with Gasteiger partial charge in [0.1, 0.15) is 17.5 Å². The molecule has 0 aliphatic carbocycles. The second-order valence-electron chi connectivity index (χ2n) is 6.10. The largest absolute Gasteiger partial charge is 0.494 e. The number of halogens is 1. The van der Waals surface area contributed by atoms with Gasteiger partial charge in [0.05, 0.1) is 6.61 Å². The Morgan fingerprint density at radius 3 is 2.54 bits per heavy atom. The van der Waals surface area contributed by atoms with Gasteiger partial charge in [-0.1, -0.05) is 12.1 Å². The summed E-state index contributed by atoms with van der Waals surface area (Å²) in [6.07, 6.45) is 0.450. The van der Waals surface area contributed by atoms with E-state index in [2.05, 4.69) is 5.32 Å². The van der Waals surface area contributed by atoms with Crippen molar-refractivity contribution in [3.63, 3.8) is 0 Å². The van der Waals surface area contributed by atoms with Crippen molar-refractivity contribution in [2.75, 3.05) is 18.1 Å². The van der Waals surface area contributed by atoms with Crippen LogP contribution in [0.3, 0.4) is 0 Å². The molecule has 5 nitrogen and oxygen atoms in total. The smallest absolute Gasteiger partial charge is 0.239 e. The normalized spacial score (nSPS) is 16.6. The average molecular weight is 356 g/mol. The van der Waals surface area contributed by atoms with Crippen molar-refractivity contribution >= 4 is 17.5 Å². The second kappa shape index (κ2) is 7.99. The van der Waals surface area contributed by atoms with Gasteiger partial charge < -0.3 is 15.0 Å². The zero-order valence-corrected chi connectivity index (χ0v) is 14.6. The molecule has 3 rings (SSSR count). The highest BCUT2D eigenvalue weighted by Crippen LogP contribution is 2.25. The third kappa shape index (κ3) is 4.02. The molecule has 1 fully saturated rings. The standard InChI is InChI=1S/C20H21FN2O3/c1-2-26-17-9-3-14(4-10-17)13-22-19(24)18-11-12-23(20(18)25)16-7-5-15(21)6-8-16/h3-10,18H,2,11-13H2,1H3,(H,22,24). The summed E-state index contributed by atoms with van der Waals surface area (Å²) in [5.41, 5.74) is 1.54. The predicted molar refractivity (Wildman–Crippen MR) is 96.3 cm³/mol. The number of hydrogen-bond donors (Lipinski definition) is 1. The van der Waals surface area contributed by atoms with Crippen LogP contribution in [0.5, 0.6) is 5.75 Å². The van der Waals surface area contributed by atoms with Crippen LogP contribution in [0.4, 0.5) is 10.1 Å². The number of carbonyl (C=O) groups excluding carboxylic acids is 2. The topological polar surface area (TPSA) is 58.6 Å². The lowest BCUT2D eigenvalue weighted by molar-refractivity contribution is -0.132. The SMILES string of the molecule is CCOc1ccc(CNC(=O)C2CCN(c3ccc(F)cc3)C2=O)cc1. The Kier molecular flexibility index (Phi) is 5.51. The minimum absolute atomic E-state index is 0.249. The van der Waals surface area contributed by atoms with Gasteiger partial charge in [-0.3, -0.25) is 9.59 Å². The summed E-state index contributed by atoms with van der Waals surface area (Å²) < 4.78 is 18.4. The van der Waals surface area contributed by atoms with E-state index in [1.165, 1.54) is 17.0 Å². The fourth-order valence-electron chi connectivity index (χ4n) is 2.98. The molecule has 0 spiro atoms. The number of amides is 2. The summed E-state index contributed by atoms with van der Waals surface area (Å²) in [7, 11) is 0. The Labute approximate surface area is 151 Å². The second-order valence-corrected chi connectivity index (χ2v) is 6.10. The molecule has 136 valence electrons. The number of anilines is 1. The first-order valence-corrected chi connectivity index (χ1v) is 8.65. The van der Waals surface area contributed by atoms with Crippen LogP contribution < -0.4 is 15.0 Å². The molecule has 1 aliphatic rings. The van der Waals surface area contributed by atoms with Crippen LogP contribution >= 0.6 is 0 Å². The molecule has 1 aliphatic heterocycles. The van der Waals surface area contributed by atoms with Crippen molar-refractivity contribution < 1.29 is 18.7 Å². The molecule has 2 amide bonds. The molecular weight excluding hydrogens is 335 g/mol. The van der Waals surface area contributed by atoms with Gasteiger partial charge in [-0.25, -0.2) is 4.39 Å². The van der Waals surface area contributed by atoms with E-state index in [4.69, 9.17) is 4.74 Å². The number of hydrogen-bond acceptors (Lipinski definition) is 3. The molecule has 1 saturated heterocycles. The molecule has 0 bridgehead atoms. The van der Waals surface area contributed by atoms with Gasteiger partial charge in [0, 0.05) is 18.8 Å². The average Bonchev–Trinajstić information content (AvgIpc) is 3.03. The molecule has 1 unspecified atom stereocenters. The lowest BCUT2D eigenvalue weighted by Crippen LogP contribution is -2.36. The van der Waals surface area contributed by atoms with E-state index < -0.39 is 5.92 Å². The molecule has 2 aromatic rings. The van der Waals surface area contributed by atoms with E-state index >= 15 is 0 Å². The van der Waals surface area contributed by atoms with Gasteiger partial charge in [-0.15, -0.1) is 0 Å². The monoisotopic (exact) mass is 356 g/mol. The number of benzene rings is 2. The molecule has 1 atom stereocenters. The van der Waals surface area contributed by atoms with Crippen molar-refractivity contribution in [1.82, 2.24) is 5.32 Å². The third-order valence-electron chi connectivity index (χ3n) is 4.36. The molecule has 26 heavy (non-hydrogen) atoms. The van der Waals surface area contributed by atoms with Crippen LogP contribution in [0.25, 0.3) is 0 Å². The predicted octanol–water partition coefficient (Wildman–Crippen LogP) is 2.89. The van der Waals surface area contributed by atoms with Crippen molar-refractivity contribution in [1.29, 1.82) is 0 Å². The summed E-state index contributed by atoms with van der Waals surface area (Å²) in [6.45, 7) is 3.32. The molecule has 0 radical (unpaired) electrons. The van der Waals surface area contributed by atoms with E-state index in [1.807, 2.05) is 31.2 Å². The Hall–Kier alpha value is -2.89. The van der Waals surface area contributed by atoms with Crippen LogP contribution in [0.15, 0.2) is 48.5 Å². The van der Waals surface area contributed by atoms with E-state index in [9.17, 15) is 14.0 Å². The molecule has 1 heterocycles. The highest BCUT2D eigenvalue weighted by atomic mass is 19.1. The molecule has 2 aromatic carbocycles. The fraction of sp³-hybridized carbons (Fsp3) is 0.300. The molecular formula is C20H21FN2O3. The molecule has 1 N–H and O–H groups in total. The van der Waals surface area contributed by atoms with Gasteiger partial charge in [0.2, 0.25) is 11.8 Å². The first-order chi connectivity index (χ1) is 12.6. The van der Waals surface area contributed by atoms with Crippen LogP contribution in [-0.4, -0.2) is 25.0 Å². The first kappa shape index (κ1) is 17.9. The molecule has 0 aromatic heterocycles. The van der Waals surface area contributed by atoms with Crippen molar-refractivity contribution in [3.05, 3.63) is 59.9 Å². The van der Waals surface area contributed by atoms with E-state index in [1.54, 1.807) is 12.1 Å². The van der Waals surface area contributed by atoms with Crippen molar-refractivity contribution in [2.45, 2.75) is 19.9 Å². The maximum absolute atomic E-state index is 13.0. The van der Waals surface area contributed by atoms with Gasteiger partial charge in [-0.05, 0) is 55.3 Å². The van der Waals surface area contributed by atoms with E-state index in [0.29, 0.717) is 31.8 Å². The summed E-state index contributed by atoms with van der Waals surface area (Å²) in [5.74, 6) is -0.814. The quantitative estimate of drug-likeness (QED) is 0.810. The van der Waals surface area contributed by atoms with Crippen molar-refractivity contribution in [3.8, 4) is 5.75 Å². The summed E-state index contributed by atoms with van der Waals surface area (Å²) in [4.78, 5) is 26.4. The minimum Gasteiger partial charge on any atom is -0.494 e. The zero-order valence-electron chi connectivity index (χ0n) is 14.6. The first-order valence-electron chi connectivity index (χ1n) is 8.65. The third-order valence-corrected chi connectivity index (χ3v) is 4.36. The number of rotatable bonds is 6. The lowest BCUT2D eigenvalue weighted by atomic mass is 10.1. The van der Waals surface area contributed by atoms with E-state index in [-0.39, 0.29) is 17.6 Å². The van der Waals surface area contributed by atoms with Gasteiger partial charge in [0.15, 0.2) is 0 Å². The van der Waals surface area contributed by atoms with Crippen LogP contribution in [0.1, 0.15) is 18.9 Å². The lowest BCUT2D eigenvalue weighted by Gasteiger charge is -2.16. The Balaban J connectivity index is 1.56. The minimum atomic E-state index is -0.706. The summed E-state index contributed by atoms with van der Waals surface area (Å²) in [5, 5.41) is 2.82. The van der Waals surface area contributed by atoms with Gasteiger partial charge >= 0.3 is 0 Å². The maximum Gasteiger partial charge on any atom is 0.239 e. The number of nitrogens with one attached hydrogen (secondary N) is 1. The van der Waals surface area contributed by atoms with Crippen molar-refractivity contribution in [2.24, 2.45) is 5.92 Å². The highest BCUT2D eigenvalue weighted by molar-refractivity contribution is 6.09. The Bertz CT molecular complexity index is 775. The maximum atomic E-state index is 13.0. The van der Waals surface area contributed by atoms with Crippen LogP contribution in [0, 0.1) is 11.7 Å². The van der Waals surface area contributed by atoms with Gasteiger partial charge in [-0.2, -0.15) is 0 Å². The van der Waals surface area contributed by atoms with Gasteiger partial charge in [0.25, 0.3) is 0 Å². The Morgan fingerprint density at radius 2 is 1.88 bits per heavy atom. The van der Waals surface area contributed by atoms with Crippen LogP contribution in [-0.2, 0) is 16.1 Å². The van der Waals surface area contributed by atoms with Crippen LogP contribution in [0.2, 0.25) is 0 Å². The molecule has 0 saturated carbocycles. The number of nitrogens with zero attached hydrogens (tertiary/aromatic N) is 1. The zero-order chi connectivity index (χ0) is 18.5. The summed E-state index contributed by atoms with van der Waals surface area (Å²) >= 11 is 0.